The number of ether oxygens (including phenoxy) is 1. The molecule has 0 unspecified atom stereocenters. The SMILES string of the molecule is CC[C@H](C)[C@@H](C=O)Nc1nc(N)ncc1OC. The van der Waals surface area contributed by atoms with Gasteiger partial charge in [-0.05, 0) is 5.92 Å². The molecule has 94 valence electrons. The summed E-state index contributed by atoms with van der Waals surface area (Å²) in [4.78, 5) is 18.9. The lowest BCUT2D eigenvalue weighted by molar-refractivity contribution is -0.109. The Morgan fingerprint density at radius 2 is 2.35 bits per heavy atom. The molecule has 0 aromatic carbocycles. The minimum Gasteiger partial charge on any atom is -0.491 e. The number of aromatic nitrogens is 2. The average Bonchev–Trinajstić information content (AvgIpc) is 2.35. The maximum absolute atomic E-state index is 11.0. The Morgan fingerprint density at radius 1 is 1.65 bits per heavy atom. The molecular formula is C11H18N4O2. The van der Waals surface area contributed by atoms with Gasteiger partial charge in [-0.2, -0.15) is 4.98 Å². The molecule has 0 aliphatic rings. The van der Waals surface area contributed by atoms with E-state index in [1.807, 2.05) is 13.8 Å². The van der Waals surface area contributed by atoms with Crippen molar-refractivity contribution in [2.24, 2.45) is 5.92 Å². The molecule has 0 saturated heterocycles. The van der Waals surface area contributed by atoms with Gasteiger partial charge in [0.1, 0.15) is 6.29 Å². The number of carbonyl (C=O) groups is 1. The normalized spacial score (nSPS) is 13.8. The number of hydrogen-bond donors (Lipinski definition) is 2. The van der Waals surface area contributed by atoms with E-state index in [-0.39, 0.29) is 17.9 Å². The van der Waals surface area contributed by atoms with Crippen molar-refractivity contribution in [1.82, 2.24) is 9.97 Å². The quantitative estimate of drug-likeness (QED) is 0.721. The van der Waals surface area contributed by atoms with Crippen molar-refractivity contribution < 1.29 is 9.53 Å². The molecule has 1 rings (SSSR count). The molecule has 0 aliphatic carbocycles. The number of nitrogens with two attached hydrogens (primary N) is 1. The Bertz CT molecular complexity index is 384. The highest BCUT2D eigenvalue weighted by Crippen LogP contribution is 2.23. The van der Waals surface area contributed by atoms with Gasteiger partial charge in [-0.3, -0.25) is 0 Å². The van der Waals surface area contributed by atoms with Crippen molar-refractivity contribution in [2.45, 2.75) is 26.3 Å². The van der Waals surface area contributed by atoms with Crippen LogP contribution < -0.4 is 15.8 Å². The number of anilines is 2. The van der Waals surface area contributed by atoms with Gasteiger partial charge >= 0.3 is 0 Å². The predicted molar refractivity (Wildman–Crippen MR) is 65.9 cm³/mol. The van der Waals surface area contributed by atoms with Crippen LogP contribution in [-0.2, 0) is 4.79 Å². The van der Waals surface area contributed by atoms with Crippen molar-refractivity contribution in [3.8, 4) is 5.75 Å². The molecular weight excluding hydrogens is 220 g/mol. The van der Waals surface area contributed by atoms with Crippen LogP contribution in [0.2, 0.25) is 0 Å². The van der Waals surface area contributed by atoms with Crippen LogP contribution in [0.5, 0.6) is 5.75 Å². The van der Waals surface area contributed by atoms with E-state index in [4.69, 9.17) is 10.5 Å². The van der Waals surface area contributed by atoms with Crippen molar-refractivity contribution in [1.29, 1.82) is 0 Å². The molecule has 0 aliphatic heterocycles. The second-order valence-electron chi connectivity index (χ2n) is 3.84. The van der Waals surface area contributed by atoms with Gasteiger partial charge in [0.2, 0.25) is 5.95 Å². The summed E-state index contributed by atoms with van der Waals surface area (Å²) in [7, 11) is 1.51. The van der Waals surface area contributed by atoms with Gasteiger partial charge in [0.15, 0.2) is 11.6 Å². The highest BCUT2D eigenvalue weighted by Gasteiger charge is 2.17. The minimum atomic E-state index is -0.316. The topological polar surface area (TPSA) is 90.1 Å². The van der Waals surface area contributed by atoms with Gasteiger partial charge in [0.05, 0.1) is 19.3 Å². The Hall–Kier alpha value is -1.85. The number of carbonyl (C=O) groups excluding carboxylic acids is 1. The van der Waals surface area contributed by atoms with Crippen LogP contribution in [0.4, 0.5) is 11.8 Å². The number of nitrogen functional groups attached to an aromatic ring is 1. The average molecular weight is 238 g/mol. The lowest BCUT2D eigenvalue weighted by atomic mass is 10.0. The lowest BCUT2D eigenvalue weighted by Crippen LogP contribution is -2.29. The van der Waals surface area contributed by atoms with Gasteiger partial charge in [-0.1, -0.05) is 20.3 Å². The zero-order chi connectivity index (χ0) is 12.8. The van der Waals surface area contributed by atoms with Crippen LogP contribution in [-0.4, -0.2) is 29.4 Å². The fraction of sp³-hybridized carbons (Fsp3) is 0.545. The Morgan fingerprint density at radius 3 is 2.88 bits per heavy atom. The number of hydrogen-bond acceptors (Lipinski definition) is 6. The predicted octanol–water partition coefficient (Wildman–Crippen LogP) is 1.09. The molecule has 0 fully saturated rings. The van der Waals surface area contributed by atoms with Gasteiger partial charge in [0.25, 0.3) is 0 Å². The second-order valence-corrected chi connectivity index (χ2v) is 3.84. The Labute approximate surface area is 101 Å². The van der Waals surface area contributed by atoms with Crippen molar-refractivity contribution in [2.75, 3.05) is 18.2 Å². The molecule has 1 aromatic rings. The van der Waals surface area contributed by atoms with Crippen LogP contribution in [0.3, 0.4) is 0 Å². The van der Waals surface area contributed by atoms with E-state index in [0.29, 0.717) is 11.6 Å². The number of rotatable bonds is 6. The van der Waals surface area contributed by atoms with Gasteiger partial charge in [-0.25, -0.2) is 4.98 Å². The monoisotopic (exact) mass is 238 g/mol. The maximum atomic E-state index is 11.0. The minimum absolute atomic E-state index is 0.141. The first-order chi connectivity index (χ1) is 8.12. The van der Waals surface area contributed by atoms with Crippen LogP contribution in [0.1, 0.15) is 20.3 Å². The molecule has 6 nitrogen and oxygen atoms in total. The fourth-order valence-electron chi connectivity index (χ4n) is 1.36. The standard InChI is InChI=1S/C11H18N4O2/c1-4-7(2)8(6-16)14-10-9(17-3)5-13-11(12)15-10/h5-8H,4H2,1-3H3,(H3,12,13,14,15)/t7-,8+/m0/s1. The van der Waals surface area contributed by atoms with E-state index in [1.54, 1.807) is 0 Å². The van der Waals surface area contributed by atoms with Crippen LogP contribution >= 0.6 is 0 Å². The molecule has 1 heterocycles. The smallest absolute Gasteiger partial charge is 0.222 e. The summed E-state index contributed by atoms with van der Waals surface area (Å²) in [6.45, 7) is 4.01. The van der Waals surface area contributed by atoms with E-state index in [2.05, 4.69) is 15.3 Å². The number of nitrogens with zero attached hydrogens (tertiary/aromatic N) is 2. The molecule has 17 heavy (non-hydrogen) atoms. The number of methoxy groups -OCH3 is 1. The highest BCUT2D eigenvalue weighted by molar-refractivity contribution is 5.66. The summed E-state index contributed by atoms with van der Waals surface area (Å²) < 4.78 is 5.10. The summed E-state index contributed by atoms with van der Waals surface area (Å²) in [5.74, 6) is 1.25. The first-order valence-corrected chi connectivity index (χ1v) is 5.50. The van der Waals surface area contributed by atoms with Gasteiger partial charge in [-0.15, -0.1) is 0 Å². The summed E-state index contributed by atoms with van der Waals surface area (Å²) in [5.41, 5.74) is 5.50. The fourth-order valence-corrected chi connectivity index (χ4v) is 1.36. The molecule has 0 spiro atoms. The van der Waals surface area contributed by atoms with Gasteiger partial charge < -0.3 is 20.6 Å². The van der Waals surface area contributed by atoms with Crippen molar-refractivity contribution in [3.05, 3.63) is 6.20 Å². The van der Waals surface area contributed by atoms with E-state index < -0.39 is 0 Å². The zero-order valence-corrected chi connectivity index (χ0v) is 10.3. The summed E-state index contributed by atoms with van der Waals surface area (Å²) in [6.07, 6.45) is 3.23. The third-order valence-corrected chi connectivity index (χ3v) is 2.70. The van der Waals surface area contributed by atoms with Crippen LogP contribution in [0, 0.1) is 5.92 Å². The first-order valence-electron chi connectivity index (χ1n) is 5.50. The molecule has 1 aromatic heterocycles. The van der Waals surface area contributed by atoms with E-state index in [9.17, 15) is 4.79 Å². The van der Waals surface area contributed by atoms with E-state index in [0.717, 1.165) is 12.7 Å². The summed E-state index contributed by atoms with van der Waals surface area (Å²) >= 11 is 0. The first kappa shape index (κ1) is 13.2. The third kappa shape index (κ3) is 3.30. The van der Waals surface area contributed by atoms with E-state index >= 15 is 0 Å². The Balaban J connectivity index is 2.91. The summed E-state index contributed by atoms with van der Waals surface area (Å²) in [5, 5.41) is 3.02. The Kier molecular flexibility index (Phi) is 4.68. The molecule has 0 saturated carbocycles. The second kappa shape index (κ2) is 6.03. The van der Waals surface area contributed by atoms with Crippen LogP contribution in [0.25, 0.3) is 0 Å². The van der Waals surface area contributed by atoms with Crippen molar-refractivity contribution >= 4 is 18.1 Å². The molecule has 3 N–H and O–H groups in total. The number of nitrogens with one attached hydrogen (secondary N) is 1. The maximum Gasteiger partial charge on any atom is 0.222 e. The molecule has 2 atom stereocenters. The number of aldehydes is 1. The van der Waals surface area contributed by atoms with Crippen LogP contribution in [0.15, 0.2) is 6.20 Å². The zero-order valence-electron chi connectivity index (χ0n) is 10.3. The molecule has 0 radical (unpaired) electrons. The van der Waals surface area contributed by atoms with Crippen molar-refractivity contribution in [3.63, 3.8) is 0 Å². The van der Waals surface area contributed by atoms with E-state index in [1.165, 1.54) is 13.3 Å². The van der Waals surface area contributed by atoms with Gasteiger partial charge in [0, 0.05) is 0 Å². The largest absolute Gasteiger partial charge is 0.491 e. The summed E-state index contributed by atoms with van der Waals surface area (Å²) in [6, 6.07) is -0.316. The molecule has 0 amide bonds. The molecule has 6 heteroatoms. The highest BCUT2D eigenvalue weighted by atomic mass is 16.5. The lowest BCUT2D eigenvalue weighted by Gasteiger charge is -2.20. The molecule has 0 bridgehead atoms. The third-order valence-electron chi connectivity index (χ3n) is 2.70.